The molecule has 4 aliphatic rings. The zero-order valence-electron chi connectivity index (χ0n) is 31.7. The Morgan fingerprint density at radius 3 is 2.37 bits per heavy atom. The molecule has 1 amide bonds. The number of Topliss-reactive ketones (excluding diaryl/α,β-unsaturated/α-hetero) is 1. The van der Waals surface area contributed by atoms with Crippen molar-refractivity contribution in [2.75, 3.05) is 41.3 Å². The summed E-state index contributed by atoms with van der Waals surface area (Å²) in [6, 6.07) is -0.413. The fourth-order valence-corrected chi connectivity index (χ4v) is 8.44. The number of cyclic esters (lactones) is 1. The summed E-state index contributed by atoms with van der Waals surface area (Å²) in [6.45, 7) is 14.3. The fourth-order valence-electron chi connectivity index (χ4n) is 8.44. The quantitative estimate of drug-likeness (QED) is 0.253. The lowest BCUT2D eigenvalue weighted by atomic mass is 9.78. The summed E-state index contributed by atoms with van der Waals surface area (Å²) in [5.41, 5.74) is -2.16. The minimum Gasteiger partial charge on any atom is -0.458 e. The van der Waals surface area contributed by atoms with Crippen molar-refractivity contribution in [3.8, 4) is 0 Å². The Morgan fingerprint density at radius 1 is 1.12 bits per heavy atom. The maximum atomic E-state index is 14.3. The van der Waals surface area contributed by atoms with E-state index in [1.165, 1.54) is 6.42 Å². The van der Waals surface area contributed by atoms with Gasteiger partial charge in [0.2, 0.25) is 0 Å². The van der Waals surface area contributed by atoms with Crippen LogP contribution in [0.4, 0.5) is 4.79 Å². The predicted octanol–water partition coefficient (Wildman–Crippen LogP) is 2.72. The molecule has 1 saturated carbocycles. The van der Waals surface area contributed by atoms with Gasteiger partial charge in [-0.05, 0) is 86.9 Å². The van der Waals surface area contributed by atoms with E-state index in [2.05, 4.69) is 22.5 Å². The maximum Gasteiger partial charge on any atom is 0.408 e. The van der Waals surface area contributed by atoms with Gasteiger partial charge in [-0.15, -0.1) is 0 Å². The first-order valence-corrected chi connectivity index (χ1v) is 18.3. The molecule has 0 radical (unpaired) electrons. The minimum absolute atomic E-state index is 0.0450. The summed E-state index contributed by atoms with van der Waals surface area (Å²) in [4.78, 5) is 44.8. The molecule has 13 nitrogen and oxygen atoms in total. The highest BCUT2D eigenvalue weighted by Gasteiger charge is 2.56. The summed E-state index contributed by atoms with van der Waals surface area (Å²) in [5, 5.41) is 18.2. The Bertz CT molecular complexity index is 1160. The Kier molecular flexibility index (Phi) is 13.2. The van der Waals surface area contributed by atoms with Crippen molar-refractivity contribution in [2.24, 2.45) is 17.8 Å². The molecular weight excluding hydrogens is 632 g/mol. The highest BCUT2D eigenvalue weighted by atomic mass is 16.7. The number of rotatable bonds is 8. The highest BCUT2D eigenvalue weighted by molar-refractivity contribution is 6.00. The predicted molar refractivity (Wildman–Crippen MR) is 184 cm³/mol. The van der Waals surface area contributed by atoms with E-state index in [-0.39, 0.29) is 29.9 Å². The fraction of sp³-hybridized carbons (Fsp3) is 0.917. The number of fused-ring (bicyclic) bond motifs is 1. The van der Waals surface area contributed by atoms with Crippen LogP contribution in [0.2, 0.25) is 0 Å². The number of esters is 1. The number of carbonyl (C=O) groups excluding carboxylic acids is 3. The smallest absolute Gasteiger partial charge is 0.408 e. The van der Waals surface area contributed by atoms with Crippen LogP contribution in [0.25, 0.3) is 0 Å². The van der Waals surface area contributed by atoms with Crippen LogP contribution in [0.3, 0.4) is 0 Å². The molecule has 0 spiro atoms. The van der Waals surface area contributed by atoms with Crippen molar-refractivity contribution in [3.63, 3.8) is 0 Å². The number of carbonyl (C=O) groups is 3. The molecule has 3 N–H and O–H groups in total. The van der Waals surface area contributed by atoms with E-state index in [1.807, 2.05) is 46.8 Å². The molecule has 13 heteroatoms. The third-order valence-electron chi connectivity index (χ3n) is 11.9. The van der Waals surface area contributed by atoms with Gasteiger partial charge in [-0.2, -0.15) is 0 Å². The van der Waals surface area contributed by atoms with Crippen molar-refractivity contribution in [2.45, 2.75) is 153 Å². The average Bonchev–Trinajstić information content (AvgIpc) is 3.34. The van der Waals surface area contributed by atoms with Crippen molar-refractivity contribution in [3.05, 3.63) is 0 Å². The average molecular weight is 697 g/mol. The van der Waals surface area contributed by atoms with Gasteiger partial charge < -0.3 is 49.2 Å². The zero-order chi connectivity index (χ0) is 36.4. The van der Waals surface area contributed by atoms with Crippen LogP contribution in [-0.4, -0.2) is 140 Å². The molecule has 0 aromatic carbocycles. The van der Waals surface area contributed by atoms with E-state index in [4.69, 9.17) is 23.7 Å². The summed E-state index contributed by atoms with van der Waals surface area (Å²) in [6.07, 6.45) is 0.566. The number of alkyl carbamates (subject to hydrolysis) is 1. The van der Waals surface area contributed by atoms with E-state index in [0.29, 0.717) is 38.4 Å². The molecule has 282 valence electrons. The molecule has 3 aliphatic heterocycles. The molecule has 4 rings (SSSR count). The first kappa shape index (κ1) is 39.9. The Balaban J connectivity index is 1.69. The van der Waals surface area contributed by atoms with Gasteiger partial charge in [0, 0.05) is 44.2 Å². The standard InChI is InChI=1S/C36H64N4O9/c1-12-27-36(7)30(38-34(44)49-36)23(5)40(10)19-20(2)17-35(6,45-11)31(21(3)28(41)22(4)32(43)47-27)48-33-29(42)26(39(8)9)16-25(46-33)18-37-24-14-13-15-24/h20-27,29-31,33,37,42H,12-19H2,1-11H3,(H,38,44)/t20-,21+,22-,23-,25?,26?,27-,29?,30-,31-,33+,35-,36-/m1/s1. The summed E-state index contributed by atoms with van der Waals surface area (Å²) in [7, 11) is 7.47. The van der Waals surface area contributed by atoms with Gasteiger partial charge in [-0.1, -0.05) is 27.2 Å². The van der Waals surface area contributed by atoms with Crippen LogP contribution < -0.4 is 10.6 Å². The van der Waals surface area contributed by atoms with Gasteiger partial charge in [0.1, 0.15) is 18.1 Å². The lowest BCUT2D eigenvalue weighted by Gasteiger charge is -2.47. The number of ketones is 1. The molecule has 1 aliphatic carbocycles. The van der Waals surface area contributed by atoms with Crippen LogP contribution >= 0.6 is 0 Å². The maximum absolute atomic E-state index is 14.3. The molecule has 0 bridgehead atoms. The van der Waals surface area contributed by atoms with E-state index < -0.39 is 65.7 Å². The van der Waals surface area contributed by atoms with Gasteiger partial charge >= 0.3 is 12.1 Å². The van der Waals surface area contributed by atoms with Gasteiger partial charge in [-0.25, -0.2) is 4.79 Å². The number of hydrogen-bond acceptors (Lipinski definition) is 12. The molecule has 13 atom stereocenters. The van der Waals surface area contributed by atoms with Crippen molar-refractivity contribution >= 4 is 17.8 Å². The van der Waals surface area contributed by atoms with Crippen molar-refractivity contribution < 1.29 is 43.2 Å². The lowest BCUT2D eigenvalue weighted by Crippen LogP contribution is -2.60. The van der Waals surface area contributed by atoms with E-state index >= 15 is 0 Å². The number of aliphatic hydroxyl groups is 1. The van der Waals surface area contributed by atoms with E-state index in [1.54, 1.807) is 27.9 Å². The SMILES string of the molecule is CC[C@H]1OC(=O)[C@H](C)C(=O)[C@H](C)[C@@H](O[C@@H]2OC(CNC3CCC3)CC(N(C)C)C2O)[C@](C)(OC)C[C@@H](C)CN(C)[C@H](C)[C@H]2NC(=O)O[C@@]21C. The lowest BCUT2D eigenvalue weighted by molar-refractivity contribution is -0.297. The van der Waals surface area contributed by atoms with Gasteiger partial charge in [0.25, 0.3) is 0 Å². The van der Waals surface area contributed by atoms with Crippen LogP contribution in [-0.2, 0) is 33.3 Å². The third-order valence-corrected chi connectivity index (χ3v) is 11.9. The Hall–Kier alpha value is -1.87. The normalized spacial score (nSPS) is 43.5. The topological polar surface area (TPSA) is 148 Å². The number of nitrogens with zero attached hydrogens (tertiary/aromatic N) is 2. The molecule has 4 fully saturated rings. The van der Waals surface area contributed by atoms with Crippen LogP contribution in [0, 0.1) is 17.8 Å². The monoisotopic (exact) mass is 696 g/mol. The number of amides is 1. The minimum atomic E-state index is -1.15. The largest absolute Gasteiger partial charge is 0.458 e. The number of hydrogen-bond donors (Lipinski definition) is 3. The first-order chi connectivity index (χ1) is 22.9. The second-order valence-electron chi connectivity index (χ2n) is 15.9. The van der Waals surface area contributed by atoms with Crippen molar-refractivity contribution in [1.29, 1.82) is 0 Å². The Morgan fingerprint density at radius 2 is 1.80 bits per heavy atom. The van der Waals surface area contributed by atoms with E-state index in [9.17, 15) is 19.5 Å². The first-order valence-electron chi connectivity index (χ1n) is 18.3. The summed E-state index contributed by atoms with van der Waals surface area (Å²) < 4.78 is 31.4. The molecule has 49 heavy (non-hydrogen) atoms. The van der Waals surface area contributed by atoms with Gasteiger partial charge in [-0.3, -0.25) is 9.59 Å². The molecule has 0 aromatic heterocycles. The number of nitrogens with one attached hydrogen (secondary N) is 2. The Labute approximate surface area is 293 Å². The van der Waals surface area contributed by atoms with E-state index in [0.717, 1.165) is 12.8 Å². The van der Waals surface area contributed by atoms with Crippen LogP contribution in [0.5, 0.6) is 0 Å². The molecule has 3 saturated heterocycles. The second kappa shape index (κ2) is 16.2. The van der Waals surface area contributed by atoms with Crippen LogP contribution in [0.1, 0.15) is 87.0 Å². The number of aliphatic hydroxyl groups excluding tert-OH is 1. The third kappa shape index (κ3) is 8.61. The van der Waals surface area contributed by atoms with Gasteiger partial charge in [0.05, 0.1) is 23.9 Å². The van der Waals surface area contributed by atoms with Crippen molar-refractivity contribution in [1.82, 2.24) is 20.4 Å². The molecule has 3 heterocycles. The molecular formula is C36H64N4O9. The summed E-state index contributed by atoms with van der Waals surface area (Å²) >= 11 is 0. The van der Waals surface area contributed by atoms with Gasteiger partial charge in [0.15, 0.2) is 17.7 Å². The summed E-state index contributed by atoms with van der Waals surface area (Å²) in [5.74, 6) is -3.00. The number of methoxy groups -OCH3 is 1. The number of likely N-dealkylation sites (N-methyl/N-ethyl adjacent to an activating group) is 2. The highest BCUT2D eigenvalue weighted by Crippen LogP contribution is 2.38. The number of ether oxygens (including phenoxy) is 5. The van der Waals surface area contributed by atoms with Crippen LogP contribution in [0.15, 0.2) is 0 Å². The zero-order valence-corrected chi connectivity index (χ0v) is 31.7. The molecule has 3 unspecified atom stereocenters. The molecule has 0 aromatic rings. The second-order valence-corrected chi connectivity index (χ2v) is 15.9.